The van der Waals surface area contributed by atoms with Crippen LogP contribution in [0.25, 0.3) is 0 Å². The predicted molar refractivity (Wildman–Crippen MR) is 82.9 cm³/mol. The van der Waals surface area contributed by atoms with Crippen LogP contribution in [0, 0.1) is 0 Å². The molecule has 0 aromatic heterocycles. The number of carbonyl (C=O) groups is 1. The summed E-state index contributed by atoms with van der Waals surface area (Å²) in [4.78, 5) is 11.9. The average Bonchev–Trinajstić information content (AvgIpc) is 2.46. The van der Waals surface area contributed by atoms with E-state index in [0.717, 1.165) is 23.4 Å². The second-order valence-electron chi connectivity index (χ2n) is 5.53. The van der Waals surface area contributed by atoms with Crippen molar-refractivity contribution in [2.24, 2.45) is 0 Å². The molecule has 0 radical (unpaired) electrons. The third kappa shape index (κ3) is 4.50. The van der Waals surface area contributed by atoms with Crippen molar-refractivity contribution in [2.45, 2.75) is 51.1 Å². The molecule has 1 fully saturated rings. The number of benzene rings is 1. The first kappa shape index (κ1) is 15.3. The van der Waals surface area contributed by atoms with Crippen LogP contribution < -0.4 is 10.6 Å². The molecule has 3 nitrogen and oxygen atoms in total. The molecule has 1 unspecified atom stereocenters. The number of rotatable bonds is 5. The molecule has 2 N–H and O–H groups in total. The van der Waals surface area contributed by atoms with Crippen LogP contribution in [-0.4, -0.2) is 18.5 Å². The van der Waals surface area contributed by atoms with Crippen LogP contribution in [-0.2, 0) is 4.79 Å². The quantitative estimate of drug-likeness (QED) is 0.873. The van der Waals surface area contributed by atoms with Gasteiger partial charge in [0.05, 0.1) is 6.54 Å². The van der Waals surface area contributed by atoms with Crippen molar-refractivity contribution in [1.29, 1.82) is 0 Å². The minimum absolute atomic E-state index is 0.0702. The lowest BCUT2D eigenvalue weighted by Crippen LogP contribution is -2.41. The van der Waals surface area contributed by atoms with Gasteiger partial charge in [-0.05, 0) is 31.4 Å². The van der Waals surface area contributed by atoms with Crippen LogP contribution in [0.2, 0.25) is 5.02 Å². The summed E-state index contributed by atoms with van der Waals surface area (Å²) in [6, 6.07) is 8.17. The molecule has 1 aromatic rings. The van der Waals surface area contributed by atoms with Gasteiger partial charge in [0.2, 0.25) is 5.91 Å². The van der Waals surface area contributed by atoms with E-state index in [1.165, 1.54) is 19.3 Å². The van der Waals surface area contributed by atoms with E-state index in [9.17, 15) is 4.79 Å². The Bertz CT molecular complexity index is 444. The van der Waals surface area contributed by atoms with Crippen LogP contribution in [0.15, 0.2) is 24.3 Å². The topological polar surface area (TPSA) is 41.1 Å². The first-order valence-electron chi connectivity index (χ1n) is 7.44. The van der Waals surface area contributed by atoms with Gasteiger partial charge in [0, 0.05) is 17.1 Å². The van der Waals surface area contributed by atoms with E-state index in [-0.39, 0.29) is 11.9 Å². The molecular weight excluding hydrogens is 272 g/mol. The summed E-state index contributed by atoms with van der Waals surface area (Å²) in [6.07, 6.45) is 5.99. The lowest BCUT2D eigenvalue weighted by Gasteiger charge is -2.23. The fraction of sp³-hybridized carbons (Fsp3) is 0.562. The van der Waals surface area contributed by atoms with E-state index < -0.39 is 0 Å². The van der Waals surface area contributed by atoms with Crippen LogP contribution in [0.1, 0.15) is 50.6 Å². The summed E-state index contributed by atoms with van der Waals surface area (Å²) in [5.74, 6) is 0.0794. The Kier molecular flexibility index (Phi) is 5.86. The lowest BCUT2D eigenvalue weighted by atomic mass is 9.95. The van der Waals surface area contributed by atoms with Crippen molar-refractivity contribution in [3.63, 3.8) is 0 Å². The highest BCUT2D eigenvalue weighted by Crippen LogP contribution is 2.22. The predicted octanol–water partition coefficient (Wildman–Crippen LogP) is 3.44. The van der Waals surface area contributed by atoms with Crippen LogP contribution in [0.4, 0.5) is 0 Å². The average molecular weight is 295 g/mol. The van der Waals surface area contributed by atoms with E-state index in [2.05, 4.69) is 10.6 Å². The highest BCUT2D eigenvalue weighted by Gasteiger charge is 2.16. The molecule has 2 rings (SSSR count). The van der Waals surface area contributed by atoms with Gasteiger partial charge in [-0.3, -0.25) is 4.79 Å². The Morgan fingerprint density at radius 1 is 1.30 bits per heavy atom. The maximum Gasteiger partial charge on any atom is 0.234 e. The Morgan fingerprint density at radius 2 is 2.00 bits per heavy atom. The number of nitrogens with one attached hydrogen (secondary N) is 2. The van der Waals surface area contributed by atoms with Crippen molar-refractivity contribution in [3.05, 3.63) is 34.9 Å². The van der Waals surface area contributed by atoms with Crippen molar-refractivity contribution in [3.8, 4) is 0 Å². The van der Waals surface area contributed by atoms with Gasteiger partial charge in [0.25, 0.3) is 0 Å². The molecule has 20 heavy (non-hydrogen) atoms. The van der Waals surface area contributed by atoms with Gasteiger partial charge in [-0.2, -0.15) is 0 Å². The summed E-state index contributed by atoms with van der Waals surface area (Å²) >= 11 is 6.15. The van der Waals surface area contributed by atoms with Crippen LogP contribution in [0.5, 0.6) is 0 Å². The summed E-state index contributed by atoms with van der Waals surface area (Å²) in [5.41, 5.74) is 1.03. The molecule has 110 valence electrons. The normalized spacial score (nSPS) is 17.7. The summed E-state index contributed by atoms with van der Waals surface area (Å²) in [5, 5.41) is 7.07. The number of halogens is 1. The van der Waals surface area contributed by atoms with E-state index >= 15 is 0 Å². The molecule has 0 spiro atoms. The van der Waals surface area contributed by atoms with Gasteiger partial charge >= 0.3 is 0 Å². The van der Waals surface area contributed by atoms with Crippen molar-refractivity contribution in [2.75, 3.05) is 6.54 Å². The third-order valence-electron chi connectivity index (χ3n) is 3.91. The zero-order valence-corrected chi connectivity index (χ0v) is 12.7. The fourth-order valence-electron chi connectivity index (χ4n) is 2.71. The highest BCUT2D eigenvalue weighted by molar-refractivity contribution is 6.31. The van der Waals surface area contributed by atoms with Gasteiger partial charge in [-0.1, -0.05) is 49.1 Å². The van der Waals surface area contributed by atoms with Crippen molar-refractivity contribution in [1.82, 2.24) is 10.6 Å². The molecule has 1 aliphatic carbocycles. The molecule has 1 atom stereocenters. The zero-order chi connectivity index (χ0) is 14.4. The lowest BCUT2D eigenvalue weighted by molar-refractivity contribution is -0.121. The Labute approximate surface area is 126 Å². The Balaban J connectivity index is 1.76. The van der Waals surface area contributed by atoms with Gasteiger partial charge in [-0.15, -0.1) is 0 Å². The molecule has 0 bridgehead atoms. The second-order valence-corrected chi connectivity index (χ2v) is 5.93. The second kappa shape index (κ2) is 7.65. The number of hydrogen-bond acceptors (Lipinski definition) is 2. The molecular formula is C16H23ClN2O. The first-order chi connectivity index (χ1) is 9.66. The van der Waals surface area contributed by atoms with Crippen LogP contribution in [0.3, 0.4) is 0 Å². The van der Waals surface area contributed by atoms with Crippen LogP contribution >= 0.6 is 11.6 Å². The third-order valence-corrected chi connectivity index (χ3v) is 4.26. The Morgan fingerprint density at radius 3 is 2.70 bits per heavy atom. The molecule has 0 heterocycles. The molecule has 1 aliphatic rings. The molecule has 1 aromatic carbocycles. The van der Waals surface area contributed by atoms with Gasteiger partial charge in [-0.25, -0.2) is 0 Å². The highest BCUT2D eigenvalue weighted by atomic mass is 35.5. The first-order valence-corrected chi connectivity index (χ1v) is 7.82. The zero-order valence-electron chi connectivity index (χ0n) is 12.0. The van der Waals surface area contributed by atoms with Gasteiger partial charge < -0.3 is 10.6 Å². The largest absolute Gasteiger partial charge is 0.352 e. The minimum Gasteiger partial charge on any atom is -0.352 e. The monoisotopic (exact) mass is 294 g/mol. The van der Waals surface area contributed by atoms with E-state index in [1.807, 2.05) is 31.2 Å². The molecule has 1 saturated carbocycles. The maximum atomic E-state index is 11.9. The minimum atomic E-state index is 0.0702. The summed E-state index contributed by atoms with van der Waals surface area (Å²) < 4.78 is 0. The number of carbonyl (C=O) groups excluding carboxylic acids is 1. The SMILES string of the molecule is CC(NCC(=O)NC1CCCCC1)c1ccccc1Cl. The van der Waals surface area contributed by atoms with E-state index in [1.54, 1.807) is 0 Å². The molecule has 1 amide bonds. The molecule has 0 aliphatic heterocycles. The fourth-order valence-corrected chi connectivity index (χ4v) is 3.01. The molecule has 0 saturated heterocycles. The van der Waals surface area contributed by atoms with Gasteiger partial charge in [0.15, 0.2) is 0 Å². The van der Waals surface area contributed by atoms with Crippen molar-refractivity contribution >= 4 is 17.5 Å². The van der Waals surface area contributed by atoms with E-state index in [0.29, 0.717) is 12.6 Å². The maximum absolute atomic E-state index is 11.9. The van der Waals surface area contributed by atoms with E-state index in [4.69, 9.17) is 11.6 Å². The van der Waals surface area contributed by atoms with Gasteiger partial charge in [0.1, 0.15) is 0 Å². The summed E-state index contributed by atoms with van der Waals surface area (Å²) in [6.45, 7) is 2.36. The standard InChI is InChI=1S/C16H23ClN2O/c1-12(14-9-5-6-10-15(14)17)18-11-16(20)19-13-7-3-2-4-8-13/h5-6,9-10,12-13,18H,2-4,7-8,11H2,1H3,(H,19,20). The smallest absolute Gasteiger partial charge is 0.234 e. The Hall–Kier alpha value is -1.06. The molecule has 4 heteroatoms. The van der Waals surface area contributed by atoms with Crippen molar-refractivity contribution < 1.29 is 4.79 Å². The number of amides is 1. The summed E-state index contributed by atoms with van der Waals surface area (Å²) in [7, 11) is 0. The number of hydrogen-bond donors (Lipinski definition) is 2.